The predicted octanol–water partition coefficient (Wildman–Crippen LogP) is 4.13. The molecule has 0 saturated heterocycles. The number of carbonyl (C=O) groups excluding carboxylic acids is 2. The Morgan fingerprint density at radius 2 is 1.85 bits per heavy atom. The number of ketones is 1. The van der Waals surface area contributed by atoms with Crippen LogP contribution in [0.5, 0.6) is 5.75 Å². The average Bonchev–Trinajstić information content (AvgIpc) is 3.01. The number of thioether (sulfide) groups is 1. The molecule has 140 valence electrons. The van der Waals surface area contributed by atoms with Gasteiger partial charge in [0.1, 0.15) is 11.6 Å². The molecule has 0 spiro atoms. The minimum atomic E-state index is -0.213. The van der Waals surface area contributed by atoms with Crippen molar-refractivity contribution in [3.05, 3.63) is 59.9 Å². The van der Waals surface area contributed by atoms with Crippen LogP contribution >= 0.6 is 11.8 Å². The van der Waals surface area contributed by atoms with Crippen molar-refractivity contribution in [2.45, 2.75) is 20.4 Å². The molecule has 1 atom stereocenters. The summed E-state index contributed by atoms with van der Waals surface area (Å²) in [6.45, 7) is 4.38. The third-order valence-electron chi connectivity index (χ3n) is 4.46. The monoisotopic (exact) mass is 382 g/mol. The molecule has 1 heterocycles. The molecule has 0 radical (unpaired) electrons. The first kappa shape index (κ1) is 19.2. The van der Waals surface area contributed by atoms with Crippen LogP contribution in [-0.4, -0.2) is 33.3 Å². The van der Waals surface area contributed by atoms with E-state index in [1.807, 2.05) is 38.1 Å². The van der Waals surface area contributed by atoms with Crippen molar-refractivity contribution in [3.8, 4) is 5.75 Å². The molecule has 0 bridgehead atoms. The summed E-state index contributed by atoms with van der Waals surface area (Å²) in [5.74, 6) is 1.45. The number of hydrogen-bond acceptors (Lipinski definition) is 5. The molecule has 3 aromatic rings. The van der Waals surface area contributed by atoms with Crippen LogP contribution in [0.3, 0.4) is 0 Å². The van der Waals surface area contributed by atoms with Crippen molar-refractivity contribution in [2.24, 2.45) is 5.92 Å². The van der Waals surface area contributed by atoms with Gasteiger partial charge < -0.3 is 9.30 Å². The highest BCUT2D eigenvalue weighted by Gasteiger charge is 2.19. The molecule has 0 amide bonds. The van der Waals surface area contributed by atoms with E-state index in [0.29, 0.717) is 17.9 Å². The van der Waals surface area contributed by atoms with E-state index in [1.54, 1.807) is 31.4 Å². The molecule has 0 N–H and O–H groups in total. The molecule has 6 heteroatoms. The fourth-order valence-corrected chi connectivity index (χ4v) is 3.71. The first-order valence-electron chi connectivity index (χ1n) is 8.75. The molecule has 0 aliphatic rings. The highest BCUT2D eigenvalue weighted by molar-refractivity contribution is 8.14. The zero-order valence-electron chi connectivity index (χ0n) is 15.6. The standard InChI is InChI=1S/C21H22N2O3S/c1-14(12-23-15(2)22-18-6-4-5-7-19(18)23)21(25)27-13-20(24)16-8-10-17(26-3)11-9-16/h4-11,14H,12-13H2,1-3H3. The number of ether oxygens (including phenoxy) is 1. The maximum Gasteiger partial charge on any atom is 0.193 e. The minimum absolute atomic E-state index is 0.00837. The normalized spacial score (nSPS) is 12.1. The van der Waals surface area contributed by atoms with Gasteiger partial charge in [-0.3, -0.25) is 9.59 Å². The molecule has 1 unspecified atom stereocenters. The van der Waals surface area contributed by atoms with Crippen LogP contribution in [-0.2, 0) is 11.3 Å². The Balaban J connectivity index is 1.60. The highest BCUT2D eigenvalue weighted by atomic mass is 32.2. The van der Waals surface area contributed by atoms with Crippen molar-refractivity contribution in [1.82, 2.24) is 9.55 Å². The average molecular weight is 382 g/mol. The summed E-state index contributed by atoms with van der Waals surface area (Å²) in [4.78, 5) is 29.3. The fourth-order valence-electron chi connectivity index (χ4n) is 2.91. The van der Waals surface area contributed by atoms with E-state index in [-0.39, 0.29) is 22.6 Å². The number of aryl methyl sites for hydroxylation is 1. The van der Waals surface area contributed by atoms with Crippen molar-refractivity contribution < 1.29 is 14.3 Å². The summed E-state index contributed by atoms with van der Waals surface area (Å²) in [7, 11) is 1.58. The second-order valence-corrected chi connectivity index (χ2v) is 7.40. The summed E-state index contributed by atoms with van der Waals surface area (Å²) in [6.07, 6.45) is 0. The van der Waals surface area contributed by atoms with E-state index < -0.39 is 0 Å². The molecular weight excluding hydrogens is 360 g/mol. The second kappa shape index (κ2) is 8.39. The molecule has 2 aromatic carbocycles. The Morgan fingerprint density at radius 1 is 1.15 bits per heavy atom. The van der Waals surface area contributed by atoms with Crippen LogP contribution < -0.4 is 4.74 Å². The molecule has 0 aliphatic heterocycles. The smallest absolute Gasteiger partial charge is 0.193 e. The summed E-state index contributed by atoms with van der Waals surface area (Å²) < 4.78 is 7.15. The van der Waals surface area contributed by atoms with Gasteiger partial charge >= 0.3 is 0 Å². The van der Waals surface area contributed by atoms with E-state index in [4.69, 9.17) is 4.74 Å². The number of rotatable bonds is 7. The van der Waals surface area contributed by atoms with Gasteiger partial charge in [0.15, 0.2) is 10.9 Å². The number of aromatic nitrogens is 2. The van der Waals surface area contributed by atoms with Gasteiger partial charge in [0.05, 0.1) is 23.9 Å². The lowest BCUT2D eigenvalue weighted by Gasteiger charge is -2.13. The van der Waals surface area contributed by atoms with Crippen molar-refractivity contribution in [3.63, 3.8) is 0 Å². The number of fused-ring (bicyclic) bond motifs is 1. The van der Waals surface area contributed by atoms with Gasteiger partial charge in [-0.1, -0.05) is 30.8 Å². The molecule has 27 heavy (non-hydrogen) atoms. The molecule has 0 aliphatic carbocycles. The van der Waals surface area contributed by atoms with Crippen LogP contribution in [0.25, 0.3) is 11.0 Å². The third kappa shape index (κ3) is 4.39. The van der Waals surface area contributed by atoms with E-state index in [2.05, 4.69) is 9.55 Å². The van der Waals surface area contributed by atoms with Gasteiger partial charge in [0.25, 0.3) is 0 Å². The summed E-state index contributed by atoms with van der Waals surface area (Å²) in [6, 6.07) is 14.8. The first-order chi connectivity index (χ1) is 13.0. The molecular formula is C21H22N2O3S. The molecule has 5 nitrogen and oxygen atoms in total. The van der Waals surface area contributed by atoms with Gasteiger partial charge in [-0.05, 0) is 43.3 Å². The van der Waals surface area contributed by atoms with Crippen LogP contribution in [0.2, 0.25) is 0 Å². The summed E-state index contributed by atoms with van der Waals surface area (Å²) in [5, 5.41) is 0.00837. The first-order valence-corrected chi connectivity index (χ1v) is 9.74. The number of para-hydroxylation sites is 2. The van der Waals surface area contributed by atoms with Crippen LogP contribution in [0.1, 0.15) is 23.1 Å². The van der Waals surface area contributed by atoms with Crippen LogP contribution in [0.4, 0.5) is 0 Å². The third-order valence-corrected chi connectivity index (χ3v) is 5.56. The molecule has 3 rings (SSSR count). The van der Waals surface area contributed by atoms with E-state index >= 15 is 0 Å². The molecule has 0 saturated carbocycles. The van der Waals surface area contributed by atoms with Crippen molar-refractivity contribution >= 4 is 33.7 Å². The number of carbonyl (C=O) groups is 2. The van der Waals surface area contributed by atoms with Gasteiger partial charge in [-0.2, -0.15) is 0 Å². The number of Topliss-reactive ketones (excluding diaryl/α,β-unsaturated/α-hetero) is 1. The van der Waals surface area contributed by atoms with Crippen LogP contribution in [0.15, 0.2) is 48.5 Å². The van der Waals surface area contributed by atoms with Crippen molar-refractivity contribution in [1.29, 1.82) is 0 Å². The van der Waals surface area contributed by atoms with Gasteiger partial charge in [0, 0.05) is 18.0 Å². The maximum absolute atomic E-state index is 12.5. The Bertz CT molecular complexity index is 963. The number of hydrogen-bond donors (Lipinski definition) is 0. The zero-order valence-corrected chi connectivity index (χ0v) is 16.5. The lowest BCUT2D eigenvalue weighted by atomic mass is 10.1. The number of nitrogens with zero attached hydrogens (tertiary/aromatic N) is 2. The van der Waals surface area contributed by atoms with E-state index in [1.165, 1.54) is 0 Å². The minimum Gasteiger partial charge on any atom is -0.497 e. The van der Waals surface area contributed by atoms with Gasteiger partial charge in [0.2, 0.25) is 0 Å². The molecule has 0 fully saturated rings. The number of imidazole rings is 1. The Hall–Kier alpha value is -2.60. The fraction of sp³-hybridized carbons (Fsp3) is 0.286. The van der Waals surface area contributed by atoms with E-state index in [0.717, 1.165) is 28.6 Å². The highest BCUT2D eigenvalue weighted by Crippen LogP contribution is 2.21. The lowest BCUT2D eigenvalue weighted by molar-refractivity contribution is -0.114. The Morgan fingerprint density at radius 3 is 2.56 bits per heavy atom. The predicted molar refractivity (Wildman–Crippen MR) is 108 cm³/mol. The summed E-state index contributed by atoms with van der Waals surface area (Å²) in [5.41, 5.74) is 2.53. The SMILES string of the molecule is COc1ccc(C(=O)CSC(=O)C(C)Cn2c(C)nc3ccccc32)cc1. The second-order valence-electron chi connectivity index (χ2n) is 6.42. The lowest BCUT2D eigenvalue weighted by Crippen LogP contribution is -2.17. The number of benzene rings is 2. The van der Waals surface area contributed by atoms with Crippen LogP contribution in [0, 0.1) is 12.8 Å². The number of methoxy groups -OCH3 is 1. The Labute approximate surface area is 162 Å². The van der Waals surface area contributed by atoms with Crippen molar-refractivity contribution in [2.75, 3.05) is 12.9 Å². The summed E-state index contributed by atoms with van der Waals surface area (Å²) >= 11 is 1.08. The largest absolute Gasteiger partial charge is 0.497 e. The Kier molecular flexibility index (Phi) is 5.96. The quantitative estimate of drug-likeness (QED) is 0.575. The maximum atomic E-state index is 12.5. The van der Waals surface area contributed by atoms with E-state index in [9.17, 15) is 9.59 Å². The van der Waals surface area contributed by atoms with Gasteiger partial charge in [-0.15, -0.1) is 0 Å². The molecule has 1 aromatic heterocycles. The van der Waals surface area contributed by atoms with Gasteiger partial charge in [-0.25, -0.2) is 4.98 Å². The zero-order chi connectivity index (χ0) is 19.4. The topological polar surface area (TPSA) is 61.2 Å².